The minimum absolute atomic E-state index is 0.140. The SMILES string of the molecule is NCC1CCN(C(=O)c2ccccc2I)C1. The average Bonchev–Trinajstić information content (AvgIpc) is 2.77. The van der Waals surface area contributed by atoms with Gasteiger partial charge in [-0.05, 0) is 53.6 Å². The molecule has 1 amide bonds. The molecule has 2 rings (SSSR count). The van der Waals surface area contributed by atoms with E-state index < -0.39 is 0 Å². The third kappa shape index (κ3) is 2.38. The molecule has 1 heterocycles. The van der Waals surface area contributed by atoms with Crippen LogP contribution in [0, 0.1) is 9.49 Å². The van der Waals surface area contributed by atoms with E-state index in [4.69, 9.17) is 5.73 Å². The smallest absolute Gasteiger partial charge is 0.254 e. The first-order chi connectivity index (χ1) is 7.72. The minimum atomic E-state index is 0.140. The van der Waals surface area contributed by atoms with E-state index in [2.05, 4.69) is 22.6 Å². The van der Waals surface area contributed by atoms with E-state index >= 15 is 0 Å². The summed E-state index contributed by atoms with van der Waals surface area (Å²) in [6.07, 6.45) is 1.03. The summed E-state index contributed by atoms with van der Waals surface area (Å²) in [6, 6.07) is 7.71. The van der Waals surface area contributed by atoms with Crippen LogP contribution in [-0.4, -0.2) is 30.4 Å². The van der Waals surface area contributed by atoms with Gasteiger partial charge in [-0.3, -0.25) is 4.79 Å². The summed E-state index contributed by atoms with van der Waals surface area (Å²) in [5, 5.41) is 0. The fourth-order valence-electron chi connectivity index (χ4n) is 2.01. The predicted molar refractivity (Wildman–Crippen MR) is 72.2 cm³/mol. The highest BCUT2D eigenvalue weighted by molar-refractivity contribution is 14.1. The molecule has 1 aromatic carbocycles. The number of amides is 1. The van der Waals surface area contributed by atoms with Gasteiger partial charge in [-0.2, -0.15) is 0 Å². The van der Waals surface area contributed by atoms with Crippen molar-refractivity contribution in [3.05, 3.63) is 33.4 Å². The lowest BCUT2D eigenvalue weighted by molar-refractivity contribution is 0.0786. The van der Waals surface area contributed by atoms with E-state index in [9.17, 15) is 4.79 Å². The second-order valence-corrected chi connectivity index (χ2v) is 5.28. The molecule has 1 saturated heterocycles. The Morgan fingerprint density at radius 1 is 1.50 bits per heavy atom. The lowest BCUT2D eigenvalue weighted by Gasteiger charge is -2.17. The molecular formula is C12H15IN2O. The van der Waals surface area contributed by atoms with Crippen molar-refractivity contribution in [3.8, 4) is 0 Å². The molecule has 0 bridgehead atoms. The molecule has 1 aliphatic heterocycles. The minimum Gasteiger partial charge on any atom is -0.338 e. The van der Waals surface area contributed by atoms with Gasteiger partial charge in [0.2, 0.25) is 0 Å². The molecule has 0 saturated carbocycles. The molecule has 3 nitrogen and oxygen atoms in total. The van der Waals surface area contributed by atoms with Crippen LogP contribution in [0.2, 0.25) is 0 Å². The number of hydrogen-bond donors (Lipinski definition) is 1. The number of rotatable bonds is 2. The van der Waals surface area contributed by atoms with Crippen molar-refractivity contribution in [1.29, 1.82) is 0 Å². The maximum Gasteiger partial charge on any atom is 0.254 e. The summed E-state index contributed by atoms with van der Waals surface area (Å²) in [4.78, 5) is 14.1. The average molecular weight is 330 g/mol. The molecule has 0 spiro atoms. The number of halogens is 1. The van der Waals surface area contributed by atoms with Crippen LogP contribution in [0.3, 0.4) is 0 Å². The molecule has 0 aromatic heterocycles. The number of likely N-dealkylation sites (tertiary alicyclic amines) is 1. The first-order valence-electron chi connectivity index (χ1n) is 5.46. The van der Waals surface area contributed by atoms with Crippen molar-refractivity contribution in [2.24, 2.45) is 11.7 Å². The van der Waals surface area contributed by atoms with Crippen LogP contribution in [0.4, 0.5) is 0 Å². The van der Waals surface area contributed by atoms with Crippen molar-refractivity contribution in [2.75, 3.05) is 19.6 Å². The summed E-state index contributed by atoms with van der Waals surface area (Å²) >= 11 is 2.20. The van der Waals surface area contributed by atoms with Crippen LogP contribution in [-0.2, 0) is 0 Å². The van der Waals surface area contributed by atoms with E-state index in [1.54, 1.807) is 0 Å². The Kier molecular flexibility index (Phi) is 3.81. The van der Waals surface area contributed by atoms with E-state index in [0.717, 1.165) is 28.6 Å². The van der Waals surface area contributed by atoms with Crippen LogP contribution in [0.1, 0.15) is 16.8 Å². The molecule has 1 unspecified atom stereocenters. The molecular weight excluding hydrogens is 315 g/mol. The Balaban J connectivity index is 2.12. The third-order valence-corrected chi connectivity index (χ3v) is 3.95. The molecule has 0 aliphatic carbocycles. The summed E-state index contributed by atoms with van der Waals surface area (Å²) in [5.74, 6) is 0.617. The fraction of sp³-hybridized carbons (Fsp3) is 0.417. The zero-order valence-electron chi connectivity index (χ0n) is 9.03. The largest absolute Gasteiger partial charge is 0.338 e. The van der Waals surface area contributed by atoms with Crippen molar-refractivity contribution in [3.63, 3.8) is 0 Å². The number of benzene rings is 1. The molecule has 1 aliphatic rings. The van der Waals surface area contributed by atoms with Crippen LogP contribution in [0.5, 0.6) is 0 Å². The number of carbonyl (C=O) groups is 1. The normalized spacial score (nSPS) is 20.1. The van der Waals surface area contributed by atoms with E-state index in [1.807, 2.05) is 29.2 Å². The number of nitrogens with zero attached hydrogens (tertiary/aromatic N) is 1. The summed E-state index contributed by atoms with van der Waals surface area (Å²) < 4.78 is 1.02. The zero-order chi connectivity index (χ0) is 11.5. The van der Waals surface area contributed by atoms with Crippen molar-refractivity contribution < 1.29 is 4.79 Å². The quantitative estimate of drug-likeness (QED) is 0.840. The Morgan fingerprint density at radius 3 is 2.88 bits per heavy atom. The van der Waals surface area contributed by atoms with Crippen molar-refractivity contribution in [2.45, 2.75) is 6.42 Å². The second kappa shape index (κ2) is 5.14. The van der Waals surface area contributed by atoms with Crippen LogP contribution in [0.15, 0.2) is 24.3 Å². The summed E-state index contributed by atoms with van der Waals surface area (Å²) in [7, 11) is 0. The monoisotopic (exact) mass is 330 g/mol. The number of nitrogens with two attached hydrogens (primary N) is 1. The van der Waals surface area contributed by atoms with Crippen LogP contribution in [0.25, 0.3) is 0 Å². The molecule has 2 N–H and O–H groups in total. The Labute approximate surface area is 109 Å². The fourth-order valence-corrected chi connectivity index (χ4v) is 2.63. The van der Waals surface area contributed by atoms with Gasteiger partial charge in [-0.1, -0.05) is 12.1 Å². The molecule has 1 fully saturated rings. The molecule has 1 atom stereocenters. The molecule has 0 radical (unpaired) electrons. The lowest BCUT2D eigenvalue weighted by atomic mass is 10.1. The van der Waals surface area contributed by atoms with Gasteiger partial charge < -0.3 is 10.6 Å². The first kappa shape index (κ1) is 11.9. The highest BCUT2D eigenvalue weighted by Gasteiger charge is 2.26. The lowest BCUT2D eigenvalue weighted by Crippen LogP contribution is -2.30. The van der Waals surface area contributed by atoms with Gasteiger partial charge in [0.25, 0.3) is 5.91 Å². The van der Waals surface area contributed by atoms with Gasteiger partial charge in [-0.25, -0.2) is 0 Å². The van der Waals surface area contributed by atoms with Crippen LogP contribution < -0.4 is 5.73 Å². The van der Waals surface area contributed by atoms with Gasteiger partial charge in [0.15, 0.2) is 0 Å². The Hall–Kier alpha value is -0.620. The van der Waals surface area contributed by atoms with Crippen molar-refractivity contribution >= 4 is 28.5 Å². The zero-order valence-corrected chi connectivity index (χ0v) is 11.2. The predicted octanol–water partition coefficient (Wildman–Crippen LogP) is 1.71. The van der Waals surface area contributed by atoms with E-state index in [-0.39, 0.29) is 5.91 Å². The van der Waals surface area contributed by atoms with E-state index in [1.165, 1.54) is 0 Å². The number of carbonyl (C=O) groups excluding carboxylic acids is 1. The van der Waals surface area contributed by atoms with Gasteiger partial charge in [-0.15, -0.1) is 0 Å². The van der Waals surface area contributed by atoms with Crippen molar-refractivity contribution in [1.82, 2.24) is 4.90 Å². The highest BCUT2D eigenvalue weighted by atomic mass is 127. The maximum absolute atomic E-state index is 12.2. The first-order valence-corrected chi connectivity index (χ1v) is 6.54. The molecule has 86 valence electrons. The van der Waals surface area contributed by atoms with Gasteiger partial charge in [0.05, 0.1) is 5.56 Å². The molecule has 4 heteroatoms. The topological polar surface area (TPSA) is 46.3 Å². The second-order valence-electron chi connectivity index (χ2n) is 4.12. The van der Waals surface area contributed by atoms with Gasteiger partial charge >= 0.3 is 0 Å². The van der Waals surface area contributed by atoms with E-state index in [0.29, 0.717) is 12.5 Å². The highest BCUT2D eigenvalue weighted by Crippen LogP contribution is 2.20. The summed E-state index contributed by atoms with van der Waals surface area (Å²) in [5.41, 5.74) is 6.43. The Bertz CT molecular complexity index is 394. The molecule has 1 aromatic rings. The number of hydrogen-bond acceptors (Lipinski definition) is 2. The van der Waals surface area contributed by atoms with Crippen LogP contribution >= 0.6 is 22.6 Å². The Morgan fingerprint density at radius 2 is 2.25 bits per heavy atom. The maximum atomic E-state index is 12.2. The van der Waals surface area contributed by atoms with Gasteiger partial charge in [0, 0.05) is 16.7 Å². The van der Waals surface area contributed by atoms with Gasteiger partial charge in [0.1, 0.15) is 0 Å². The molecule has 16 heavy (non-hydrogen) atoms. The summed E-state index contributed by atoms with van der Waals surface area (Å²) in [6.45, 7) is 2.32. The standard InChI is InChI=1S/C12H15IN2O/c13-11-4-2-1-3-10(11)12(16)15-6-5-9(7-14)8-15/h1-4,9H,5-8,14H2. The third-order valence-electron chi connectivity index (χ3n) is 3.01.